The van der Waals surface area contributed by atoms with Gasteiger partial charge in [0.1, 0.15) is 5.75 Å². The van der Waals surface area contributed by atoms with Gasteiger partial charge in [-0.05, 0) is 57.0 Å². The van der Waals surface area contributed by atoms with Gasteiger partial charge in [-0.1, -0.05) is 6.07 Å². The van der Waals surface area contributed by atoms with Crippen LogP contribution in [0.2, 0.25) is 0 Å². The third-order valence-electron chi connectivity index (χ3n) is 4.04. The van der Waals surface area contributed by atoms with E-state index in [0.29, 0.717) is 19.1 Å². The Hall–Kier alpha value is -1.26. The molecule has 1 saturated heterocycles. The quantitative estimate of drug-likeness (QED) is 0.904. The molecule has 1 amide bonds. The van der Waals surface area contributed by atoms with E-state index in [1.807, 2.05) is 24.1 Å². The molecule has 0 spiro atoms. The van der Waals surface area contributed by atoms with Crippen molar-refractivity contribution in [2.75, 3.05) is 26.7 Å². The number of piperidine rings is 1. The van der Waals surface area contributed by atoms with Crippen molar-refractivity contribution in [3.63, 3.8) is 0 Å². The molecule has 0 aromatic heterocycles. The van der Waals surface area contributed by atoms with Gasteiger partial charge in [0.15, 0.2) is 0 Å². The molecule has 1 aromatic rings. The second kappa shape index (κ2) is 9.01. The third-order valence-corrected chi connectivity index (χ3v) is 4.04. The van der Waals surface area contributed by atoms with Gasteiger partial charge in [0.25, 0.3) is 0 Å². The zero-order chi connectivity index (χ0) is 15.2. The maximum atomic E-state index is 12.1. The minimum absolute atomic E-state index is 0. The molecular weight excluding hydrogens is 300 g/mol. The maximum Gasteiger partial charge on any atom is 0.225 e. The number of amides is 1. The first-order valence-electron chi connectivity index (χ1n) is 7.74. The Morgan fingerprint density at radius 3 is 2.36 bits per heavy atom. The predicted octanol–water partition coefficient (Wildman–Crippen LogP) is 2.70. The highest BCUT2D eigenvalue weighted by Crippen LogP contribution is 2.17. The summed E-state index contributed by atoms with van der Waals surface area (Å²) in [6.07, 6.45) is 2.54. The number of hydrogen-bond acceptors (Lipinski definition) is 3. The molecule has 0 atom stereocenters. The molecule has 1 N–H and O–H groups in total. The number of benzene rings is 1. The zero-order valence-electron chi connectivity index (χ0n) is 13.7. The maximum absolute atomic E-state index is 12.1. The Kier molecular flexibility index (Phi) is 7.69. The Bertz CT molecular complexity index is 465. The van der Waals surface area contributed by atoms with Crippen molar-refractivity contribution in [3.8, 4) is 5.75 Å². The molecule has 22 heavy (non-hydrogen) atoms. The van der Waals surface area contributed by atoms with Crippen LogP contribution in [0, 0.1) is 13.8 Å². The number of halogens is 1. The van der Waals surface area contributed by atoms with Crippen molar-refractivity contribution >= 4 is 18.3 Å². The van der Waals surface area contributed by atoms with Crippen molar-refractivity contribution in [3.05, 3.63) is 29.3 Å². The number of ether oxygens (including phenoxy) is 1. The lowest BCUT2D eigenvalue weighted by molar-refractivity contribution is -0.132. The molecule has 4 nitrogen and oxygen atoms in total. The number of nitrogens with zero attached hydrogens (tertiary/aromatic N) is 1. The molecule has 0 saturated carbocycles. The molecule has 2 rings (SSSR count). The number of likely N-dealkylation sites (tertiary alicyclic amines) is 1. The molecule has 5 heteroatoms. The van der Waals surface area contributed by atoms with E-state index in [1.54, 1.807) is 0 Å². The lowest BCUT2D eigenvalue weighted by Gasteiger charge is -2.31. The number of rotatable bonds is 5. The van der Waals surface area contributed by atoms with Crippen molar-refractivity contribution in [1.82, 2.24) is 10.2 Å². The summed E-state index contributed by atoms with van der Waals surface area (Å²) >= 11 is 0. The SMILES string of the molecule is CNC1CCN(C(=O)CCOc2cc(C)cc(C)c2)CC1.Cl. The molecule has 1 aliphatic heterocycles. The summed E-state index contributed by atoms with van der Waals surface area (Å²) in [7, 11) is 1.99. The van der Waals surface area contributed by atoms with Gasteiger partial charge in [-0.3, -0.25) is 4.79 Å². The zero-order valence-corrected chi connectivity index (χ0v) is 14.5. The normalized spacial score (nSPS) is 15.3. The Labute approximate surface area is 139 Å². The summed E-state index contributed by atoms with van der Waals surface area (Å²) in [6, 6.07) is 6.69. The number of aryl methyl sites for hydroxylation is 2. The minimum Gasteiger partial charge on any atom is -0.493 e. The minimum atomic E-state index is 0. The van der Waals surface area contributed by atoms with Crippen LogP contribution in [0.25, 0.3) is 0 Å². The van der Waals surface area contributed by atoms with Gasteiger partial charge >= 0.3 is 0 Å². The molecule has 0 radical (unpaired) electrons. The van der Waals surface area contributed by atoms with Gasteiger partial charge in [-0.2, -0.15) is 0 Å². The summed E-state index contributed by atoms with van der Waals surface area (Å²) in [5, 5.41) is 3.28. The van der Waals surface area contributed by atoms with Crippen molar-refractivity contribution < 1.29 is 9.53 Å². The van der Waals surface area contributed by atoms with Crippen LogP contribution in [0.1, 0.15) is 30.4 Å². The van der Waals surface area contributed by atoms with Crippen LogP contribution in [-0.2, 0) is 4.79 Å². The van der Waals surface area contributed by atoms with Crippen LogP contribution in [0.4, 0.5) is 0 Å². The van der Waals surface area contributed by atoms with E-state index in [2.05, 4.69) is 25.2 Å². The average molecular weight is 327 g/mol. The van der Waals surface area contributed by atoms with Gasteiger partial charge in [0.05, 0.1) is 13.0 Å². The fraction of sp³-hybridized carbons (Fsp3) is 0.588. The molecule has 0 bridgehead atoms. The molecule has 1 aromatic carbocycles. The fourth-order valence-corrected chi connectivity index (χ4v) is 2.85. The number of carbonyl (C=O) groups excluding carboxylic acids is 1. The first-order valence-corrected chi connectivity index (χ1v) is 7.74. The van der Waals surface area contributed by atoms with Crippen LogP contribution in [0.5, 0.6) is 5.75 Å². The highest BCUT2D eigenvalue weighted by atomic mass is 35.5. The van der Waals surface area contributed by atoms with Crippen molar-refractivity contribution in [1.29, 1.82) is 0 Å². The van der Waals surface area contributed by atoms with Gasteiger partial charge in [0.2, 0.25) is 5.91 Å². The monoisotopic (exact) mass is 326 g/mol. The molecule has 1 aliphatic rings. The topological polar surface area (TPSA) is 41.6 Å². The van der Waals surface area contributed by atoms with Crippen LogP contribution in [0.3, 0.4) is 0 Å². The Balaban J connectivity index is 0.00000242. The second-order valence-electron chi connectivity index (χ2n) is 5.87. The van der Waals surface area contributed by atoms with Gasteiger partial charge in [-0.15, -0.1) is 12.4 Å². The van der Waals surface area contributed by atoms with Crippen LogP contribution in [-0.4, -0.2) is 43.6 Å². The second-order valence-corrected chi connectivity index (χ2v) is 5.87. The Morgan fingerprint density at radius 2 is 1.82 bits per heavy atom. The van der Waals surface area contributed by atoms with E-state index in [1.165, 1.54) is 11.1 Å². The van der Waals surface area contributed by atoms with Crippen LogP contribution >= 0.6 is 12.4 Å². The molecule has 124 valence electrons. The largest absolute Gasteiger partial charge is 0.493 e. The van der Waals surface area contributed by atoms with Gasteiger partial charge in [0, 0.05) is 19.1 Å². The smallest absolute Gasteiger partial charge is 0.225 e. The first kappa shape index (κ1) is 18.8. The standard InChI is InChI=1S/C17H26N2O2.ClH/c1-13-10-14(2)12-16(11-13)21-9-6-17(20)19-7-4-15(18-3)5-8-19;/h10-12,15,18H,4-9H2,1-3H3;1H. The van der Waals surface area contributed by atoms with E-state index in [-0.39, 0.29) is 18.3 Å². The van der Waals surface area contributed by atoms with E-state index < -0.39 is 0 Å². The molecule has 0 unspecified atom stereocenters. The first-order chi connectivity index (χ1) is 10.1. The molecular formula is C17H27ClN2O2. The van der Waals surface area contributed by atoms with E-state index >= 15 is 0 Å². The van der Waals surface area contributed by atoms with Crippen molar-refractivity contribution in [2.24, 2.45) is 0 Å². The number of hydrogen-bond donors (Lipinski definition) is 1. The van der Waals surface area contributed by atoms with Gasteiger partial charge in [-0.25, -0.2) is 0 Å². The summed E-state index contributed by atoms with van der Waals surface area (Å²) in [5.74, 6) is 1.06. The average Bonchev–Trinajstić information content (AvgIpc) is 2.46. The van der Waals surface area contributed by atoms with E-state index in [9.17, 15) is 4.79 Å². The fourth-order valence-electron chi connectivity index (χ4n) is 2.85. The summed E-state index contributed by atoms with van der Waals surface area (Å²) in [4.78, 5) is 14.1. The lowest BCUT2D eigenvalue weighted by atomic mass is 10.1. The number of carbonyl (C=O) groups is 1. The molecule has 0 aliphatic carbocycles. The van der Waals surface area contributed by atoms with Crippen LogP contribution in [0.15, 0.2) is 18.2 Å². The predicted molar refractivity (Wildman–Crippen MR) is 91.9 cm³/mol. The van der Waals surface area contributed by atoms with E-state index in [0.717, 1.165) is 31.7 Å². The Morgan fingerprint density at radius 1 is 1.23 bits per heavy atom. The summed E-state index contributed by atoms with van der Waals surface area (Å²) in [6.45, 7) is 6.27. The van der Waals surface area contributed by atoms with Crippen molar-refractivity contribution in [2.45, 2.75) is 39.2 Å². The van der Waals surface area contributed by atoms with Crippen LogP contribution < -0.4 is 10.1 Å². The highest BCUT2D eigenvalue weighted by molar-refractivity contribution is 5.85. The third kappa shape index (κ3) is 5.50. The molecule has 1 fully saturated rings. The number of nitrogens with one attached hydrogen (secondary N) is 1. The van der Waals surface area contributed by atoms with Gasteiger partial charge < -0.3 is 15.0 Å². The highest BCUT2D eigenvalue weighted by Gasteiger charge is 2.21. The molecule has 1 heterocycles. The van der Waals surface area contributed by atoms with E-state index in [4.69, 9.17) is 4.74 Å². The lowest BCUT2D eigenvalue weighted by Crippen LogP contribution is -2.44. The summed E-state index contributed by atoms with van der Waals surface area (Å²) < 4.78 is 5.71. The summed E-state index contributed by atoms with van der Waals surface area (Å²) in [5.41, 5.74) is 2.37.